The minimum Gasteiger partial charge on any atom is -0.465 e. The molecule has 6 heteroatoms. The molecule has 0 rings (SSSR count). The second-order valence-electron chi connectivity index (χ2n) is 5.95. The highest BCUT2D eigenvalue weighted by Crippen LogP contribution is 2.24. The molecule has 0 fully saturated rings. The maximum Gasteiger partial charge on any atom is 0.389 e. The van der Waals surface area contributed by atoms with Crippen molar-refractivity contribution in [1.29, 1.82) is 0 Å². The molecule has 0 saturated heterocycles. The Morgan fingerprint density at radius 2 is 1.77 bits per heavy atom. The molecule has 1 unspecified atom stereocenters. The normalized spacial score (nSPS) is 13.4. The molecule has 0 radical (unpaired) electrons. The van der Waals surface area contributed by atoms with Crippen LogP contribution >= 0.6 is 11.8 Å². The molecule has 0 bridgehead atoms. The van der Waals surface area contributed by atoms with Crippen molar-refractivity contribution in [3.05, 3.63) is 0 Å². The Morgan fingerprint density at radius 1 is 1.14 bits per heavy atom. The van der Waals surface area contributed by atoms with Crippen LogP contribution in [-0.4, -0.2) is 29.8 Å². The van der Waals surface area contributed by atoms with E-state index in [9.17, 15) is 18.0 Å². The van der Waals surface area contributed by atoms with Crippen LogP contribution in [-0.2, 0) is 9.53 Å². The maximum atomic E-state index is 12.0. The number of carbonyl (C=O) groups is 1. The number of hydrogen-bond donors (Lipinski definition) is 0. The molecule has 22 heavy (non-hydrogen) atoms. The molecule has 1 atom stereocenters. The molecule has 0 aromatic rings. The lowest BCUT2D eigenvalue weighted by Gasteiger charge is -2.16. The molecule has 0 aromatic carbocycles. The molecular weight excluding hydrogens is 313 g/mol. The zero-order valence-corrected chi connectivity index (χ0v) is 14.7. The predicted octanol–water partition coefficient (Wildman–Crippen LogP) is 5.60. The second-order valence-corrected chi connectivity index (χ2v) is 7.26. The maximum absolute atomic E-state index is 12.0. The van der Waals surface area contributed by atoms with Gasteiger partial charge in [-0.3, -0.25) is 4.79 Å². The quantitative estimate of drug-likeness (QED) is 0.341. The topological polar surface area (TPSA) is 26.3 Å². The highest BCUT2D eigenvalue weighted by molar-refractivity contribution is 8.00. The lowest BCUT2D eigenvalue weighted by molar-refractivity contribution is -0.144. The van der Waals surface area contributed by atoms with E-state index in [0.717, 1.165) is 31.4 Å². The lowest BCUT2D eigenvalue weighted by Crippen LogP contribution is -2.22. The Kier molecular flexibility index (Phi) is 11.9. The fourth-order valence-corrected chi connectivity index (χ4v) is 3.14. The number of esters is 1. The van der Waals surface area contributed by atoms with E-state index in [2.05, 4.69) is 0 Å². The summed E-state index contributed by atoms with van der Waals surface area (Å²) in [4.78, 5) is 11.9. The van der Waals surface area contributed by atoms with Crippen molar-refractivity contribution in [3.63, 3.8) is 0 Å². The predicted molar refractivity (Wildman–Crippen MR) is 86.1 cm³/mol. The van der Waals surface area contributed by atoms with E-state index >= 15 is 0 Å². The van der Waals surface area contributed by atoms with E-state index in [-0.39, 0.29) is 17.6 Å². The molecular formula is C16H29F3O2S. The minimum absolute atomic E-state index is 0.140. The van der Waals surface area contributed by atoms with Gasteiger partial charge in [-0.2, -0.15) is 13.2 Å². The largest absolute Gasteiger partial charge is 0.465 e. The molecule has 0 N–H and O–H groups in total. The van der Waals surface area contributed by atoms with Gasteiger partial charge < -0.3 is 4.74 Å². The van der Waals surface area contributed by atoms with Gasteiger partial charge in [-0.15, -0.1) is 11.8 Å². The van der Waals surface area contributed by atoms with Gasteiger partial charge in [-0.25, -0.2) is 0 Å². The Bertz CT molecular complexity index is 294. The van der Waals surface area contributed by atoms with Crippen LogP contribution in [0.2, 0.25) is 0 Å². The van der Waals surface area contributed by atoms with Crippen LogP contribution in [0.15, 0.2) is 0 Å². The molecule has 0 amide bonds. The first-order valence-electron chi connectivity index (χ1n) is 8.11. The molecule has 0 aliphatic carbocycles. The summed E-state index contributed by atoms with van der Waals surface area (Å²) in [7, 11) is 0. The Labute approximate surface area is 136 Å². The third kappa shape index (κ3) is 13.3. The van der Waals surface area contributed by atoms with Crippen LogP contribution in [0.1, 0.15) is 65.7 Å². The molecule has 0 heterocycles. The second kappa shape index (κ2) is 12.1. The van der Waals surface area contributed by atoms with Gasteiger partial charge in [0.2, 0.25) is 0 Å². The average molecular weight is 342 g/mol. The van der Waals surface area contributed by atoms with Gasteiger partial charge >= 0.3 is 12.1 Å². The number of rotatable bonds is 12. The van der Waals surface area contributed by atoms with E-state index in [1.54, 1.807) is 11.8 Å². The highest BCUT2D eigenvalue weighted by atomic mass is 32.2. The monoisotopic (exact) mass is 342 g/mol. The fraction of sp³-hybridized carbons (Fsp3) is 0.938. The van der Waals surface area contributed by atoms with E-state index in [1.165, 1.54) is 0 Å². The average Bonchev–Trinajstić information content (AvgIpc) is 2.41. The van der Waals surface area contributed by atoms with Gasteiger partial charge in [0.25, 0.3) is 0 Å². The number of thioether (sulfide) groups is 1. The molecule has 2 nitrogen and oxygen atoms in total. The summed E-state index contributed by atoms with van der Waals surface area (Å²) < 4.78 is 41.2. The Morgan fingerprint density at radius 3 is 2.32 bits per heavy atom. The number of carbonyl (C=O) groups excluding carboxylic acids is 1. The van der Waals surface area contributed by atoms with Crippen molar-refractivity contribution in [2.45, 2.75) is 77.1 Å². The smallest absolute Gasteiger partial charge is 0.389 e. The fourth-order valence-electron chi connectivity index (χ4n) is 1.88. The van der Waals surface area contributed by atoms with Crippen LogP contribution in [0.4, 0.5) is 13.2 Å². The summed E-state index contributed by atoms with van der Waals surface area (Å²) in [6, 6.07) is 0. The number of hydrogen-bond acceptors (Lipinski definition) is 3. The summed E-state index contributed by atoms with van der Waals surface area (Å²) in [5, 5.41) is -0.140. The SMILES string of the molecule is CCCC(SCCCCCCC(F)(F)F)C(=O)OCC(C)C. The molecule has 0 spiro atoms. The Hall–Kier alpha value is -0.390. The lowest BCUT2D eigenvalue weighted by atomic mass is 10.1. The summed E-state index contributed by atoms with van der Waals surface area (Å²) >= 11 is 1.57. The van der Waals surface area contributed by atoms with Gasteiger partial charge in [0.15, 0.2) is 0 Å². The van der Waals surface area contributed by atoms with Gasteiger partial charge in [-0.05, 0) is 30.9 Å². The third-order valence-corrected chi connectivity index (χ3v) is 4.40. The van der Waals surface area contributed by atoms with Crippen LogP contribution in [0.3, 0.4) is 0 Å². The first-order valence-corrected chi connectivity index (χ1v) is 9.16. The van der Waals surface area contributed by atoms with Crippen LogP contribution in [0, 0.1) is 5.92 Å². The number of ether oxygens (including phenoxy) is 1. The standard InChI is InChI=1S/C16H29F3O2S/c1-4-9-14(15(20)21-12-13(2)3)22-11-8-6-5-7-10-16(17,18)19/h13-14H,4-12H2,1-3H3. The number of unbranched alkanes of at least 4 members (excludes halogenated alkanes) is 3. The van der Waals surface area contributed by atoms with E-state index in [1.807, 2.05) is 20.8 Å². The molecule has 0 aromatic heterocycles. The molecule has 0 aliphatic heterocycles. The molecule has 0 aliphatic rings. The molecule has 132 valence electrons. The summed E-state index contributed by atoms with van der Waals surface area (Å²) in [6.07, 6.45) is -0.612. The third-order valence-electron chi connectivity index (χ3n) is 3.05. The van der Waals surface area contributed by atoms with Crippen LogP contribution in [0.5, 0.6) is 0 Å². The van der Waals surface area contributed by atoms with Crippen molar-refractivity contribution >= 4 is 17.7 Å². The first-order chi connectivity index (χ1) is 10.3. The van der Waals surface area contributed by atoms with Crippen molar-refractivity contribution < 1.29 is 22.7 Å². The Balaban J connectivity index is 3.79. The zero-order valence-electron chi connectivity index (χ0n) is 13.9. The van der Waals surface area contributed by atoms with Gasteiger partial charge in [0.05, 0.1) is 6.61 Å². The van der Waals surface area contributed by atoms with Gasteiger partial charge in [0, 0.05) is 6.42 Å². The van der Waals surface area contributed by atoms with E-state index in [4.69, 9.17) is 4.74 Å². The van der Waals surface area contributed by atoms with Crippen molar-refractivity contribution in [2.24, 2.45) is 5.92 Å². The van der Waals surface area contributed by atoms with Crippen molar-refractivity contribution in [2.75, 3.05) is 12.4 Å². The van der Waals surface area contributed by atoms with E-state index < -0.39 is 12.6 Å². The van der Waals surface area contributed by atoms with E-state index in [0.29, 0.717) is 18.9 Å². The van der Waals surface area contributed by atoms with Crippen molar-refractivity contribution in [1.82, 2.24) is 0 Å². The van der Waals surface area contributed by atoms with Crippen LogP contribution < -0.4 is 0 Å². The number of halogens is 3. The highest BCUT2D eigenvalue weighted by Gasteiger charge is 2.25. The van der Waals surface area contributed by atoms with Gasteiger partial charge in [-0.1, -0.05) is 40.0 Å². The summed E-state index contributed by atoms with van der Waals surface area (Å²) in [5.74, 6) is 0.968. The zero-order chi connectivity index (χ0) is 17.0. The summed E-state index contributed by atoms with van der Waals surface area (Å²) in [5.41, 5.74) is 0. The first kappa shape index (κ1) is 21.6. The van der Waals surface area contributed by atoms with Crippen molar-refractivity contribution in [3.8, 4) is 0 Å². The van der Waals surface area contributed by atoms with Crippen LogP contribution in [0.25, 0.3) is 0 Å². The minimum atomic E-state index is -4.04. The van der Waals surface area contributed by atoms with Gasteiger partial charge in [0.1, 0.15) is 5.25 Å². The summed E-state index contributed by atoms with van der Waals surface area (Å²) in [6.45, 7) is 6.46. The molecule has 0 saturated carbocycles. The number of alkyl halides is 3.